The predicted octanol–water partition coefficient (Wildman–Crippen LogP) is 4.63. The van der Waals surface area contributed by atoms with E-state index in [1.54, 1.807) is 24.5 Å². The number of fused-ring (bicyclic) bond motifs is 1. The number of benzene rings is 1. The molecule has 0 aliphatic carbocycles. The number of rotatable bonds is 2. The van der Waals surface area contributed by atoms with Crippen molar-refractivity contribution < 1.29 is 0 Å². The smallest absolute Gasteiger partial charge is 0.147 e. The molecule has 0 saturated carbocycles. The van der Waals surface area contributed by atoms with Crippen LogP contribution in [-0.2, 0) is 0 Å². The lowest BCUT2D eigenvalue weighted by Gasteiger charge is -2.32. The van der Waals surface area contributed by atoms with E-state index in [0.29, 0.717) is 21.1 Å². The summed E-state index contributed by atoms with van der Waals surface area (Å²) in [4.78, 5) is 11.4. The maximum atomic E-state index is 6.08. The molecule has 1 aromatic carbocycles. The van der Waals surface area contributed by atoms with Crippen LogP contribution in [0.15, 0.2) is 30.7 Å². The van der Waals surface area contributed by atoms with E-state index in [1.165, 1.54) is 0 Å². The first kappa shape index (κ1) is 15.9. The van der Waals surface area contributed by atoms with Crippen LogP contribution in [0.4, 0.5) is 5.82 Å². The summed E-state index contributed by atoms with van der Waals surface area (Å²) < 4.78 is 1.95. The highest BCUT2D eigenvalue weighted by atomic mass is 35.5. The number of halogens is 3. The summed E-state index contributed by atoms with van der Waals surface area (Å²) in [5.74, 6) is 0.859. The minimum atomic E-state index is 0.371. The Morgan fingerprint density at radius 2 is 1.67 bits per heavy atom. The molecule has 1 aliphatic rings. The van der Waals surface area contributed by atoms with E-state index in [0.717, 1.165) is 42.8 Å². The Morgan fingerprint density at radius 3 is 2.33 bits per heavy atom. The second-order valence-corrected chi connectivity index (χ2v) is 7.09. The third kappa shape index (κ3) is 3.04. The van der Waals surface area contributed by atoms with Gasteiger partial charge in [0.2, 0.25) is 0 Å². The normalized spacial score (nSPS) is 16.0. The summed E-state index contributed by atoms with van der Waals surface area (Å²) in [7, 11) is 0. The zero-order valence-electron chi connectivity index (χ0n) is 12.7. The van der Waals surface area contributed by atoms with Gasteiger partial charge in [-0.1, -0.05) is 34.8 Å². The summed E-state index contributed by atoms with van der Waals surface area (Å²) in [6.07, 6.45) is 7.32. The van der Waals surface area contributed by atoms with Gasteiger partial charge >= 0.3 is 0 Å². The molecule has 3 heterocycles. The molecule has 0 amide bonds. The van der Waals surface area contributed by atoms with Gasteiger partial charge in [-0.15, -0.1) is 0 Å². The van der Waals surface area contributed by atoms with Crippen molar-refractivity contribution >= 4 is 51.7 Å². The fraction of sp³-hybridized carbons (Fsp3) is 0.312. The first-order valence-electron chi connectivity index (χ1n) is 7.66. The third-order valence-electron chi connectivity index (χ3n) is 4.30. The lowest BCUT2D eigenvalue weighted by molar-refractivity contribution is 0.366. The Kier molecular flexibility index (Phi) is 4.24. The summed E-state index contributed by atoms with van der Waals surface area (Å²) >= 11 is 18.1. The monoisotopic (exact) mass is 381 g/mol. The summed E-state index contributed by atoms with van der Waals surface area (Å²) in [5, 5.41) is 5.96. The van der Waals surface area contributed by atoms with E-state index < -0.39 is 0 Å². The van der Waals surface area contributed by atoms with Crippen LogP contribution in [0.1, 0.15) is 18.9 Å². The van der Waals surface area contributed by atoms with Crippen molar-refractivity contribution in [1.29, 1.82) is 0 Å². The first-order chi connectivity index (χ1) is 11.6. The van der Waals surface area contributed by atoms with Crippen molar-refractivity contribution in [3.8, 4) is 0 Å². The molecule has 0 N–H and O–H groups in total. The highest BCUT2D eigenvalue weighted by molar-refractivity contribution is 6.42. The zero-order chi connectivity index (χ0) is 16.7. The van der Waals surface area contributed by atoms with Gasteiger partial charge in [0.25, 0.3) is 0 Å². The Balaban J connectivity index is 1.53. The lowest BCUT2D eigenvalue weighted by atomic mass is 10.1. The minimum absolute atomic E-state index is 0.371. The van der Waals surface area contributed by atoms with Crippen molar-refractivity contribution in [3.63, 3.8) is 0 Å². The van der Waals surface area contributed by atoms with Crippen LogP contribution in [0.3, 0.4) is 0 Å². The molecule has 0 atom stereocenters. The van der Waals surface area contributed by atoms with Gasteiger partial charge in [-0.2, -0.15) is 5.10 Å². The van der Waals surface area contributed by atoms with Crippen LogP contribution in [-0.4, -0.2) is 32.8 Å². The fourth-order valence-electron chi connectivity index (χ4n) is 3.02. The Bertz CT molecular complexity index is 887. The van der Waals surface area contributed by atoms with E-state index in [9.17, 15) is 0 Å². The molecule has 0 radical (unpaired) electrons. The van der Waals surface area contributed by atoms with Crippen LogP contribution < -0.4 is 4.90 Å². The van der Waals surface area contributed by atoms with Gasteiger partial charge in [-0.25, -0.2) is 4.98 Å². The first-order valence-corrected chi connectivity index (χ1v) is 8.80. The highest BCUT2D eigenvalue weighted by Gasteiger charge is 2.22. The Morgan fingerprint density at radius 1 is 0.958 bits per heavy atom. The van der Waals surface area contributed by atoms with Crippen LogP contribution >= 0.6 is 34.8 Å². The van der Waals surface area contributed by atoms with Crippen LogP contribution in [0.2, 0.25) is 15.1 Å². The van der Waals surface area contributed by atoms with Crippen molar-refractivity contribution in [2.45, 2.75) is 18.9 Å². The number of nitrogens with zero attached hydrogens (tertiary/aromatic N) is 5. The third-order valence-corrected chi connectivity index (χ3v) is 5.22. The predicted molar refractivity (Wildman–Crippen MR) is 97.3 cm³/mol. The van der Waals surface area contributed by atoms with Crippen molar-refractivity contribution in [2.24, 2.45) is 0 Å². The van der Waals surface area contributed by atoms with Gasteiger partial charge in [0.1, 0.15) is 5.82 Å². The molecule has 124 valence electrons. The lowest BCUT2D eigenvalue weighted by Crippen LogP contribution is -2.35. The molecule has 24 heavy (non-hydrogen) atoms. The Hall–Kier alpha value is -1.56. The van der Waals surface area contributed by atoms with Gasteiger partial charge in [0.15, 0.2) is 0 Å². The van der Waals surface area contributed by atoms with Gasteiger partial charge in [-0.3, -0.25) is 9.67 Å². The Labute approximate surface area is 154 Å². The highest BCUT2D eigenvalue weighted by Crippen LogP contribution is 2.29. The van der Waals surface area contributed by atoms with E-state index in [2.05, 4.69) is 20.0 Å². The number of aromatic nitrogens is 4. The minimum Gasteiger partial charge on any atom is -0.355 e. The molecule has 0 bridgehead atoms. The molecular formula is C16H14Cl3N5. The average Bonchev–Trinajstić information content (AvgIpc) is 3.02. The molecule has 0 spiro atoms. The standard InChI is InChI=1S/C16H14Cl3N5/c17-10-7-21-24(9-10)11-1-3-23(4-2-11)16-8-20-14-5-12(18)13(19)6-15(14)22-16/h5-9,11H,1-4H2. The van der Waals surface area contributed by atoms with Crippen LogP contribution in [0.5, 0.6) is 0 Å². The molecule has 0 unspecified atom stereocenters. The number of hydrogen-bond donors (Lipinski definition) is 0. The largest absolute Gasteiger partial charge is 0.355 e. The van der Waals surface area contributed by atoms with E-state index >= 15 is 0 Å². The van der Waals surface area contributed by atoms with Crippen LogP contribution in [0, 0.1) is 0 Å². The molecule has 3 aromatic rings. The number of piperidine rings is 1. The van der Waals surface area contributed by atoms with Crippen molar-refractivity contribution in [2.75, 3.05) is 18.0 Å². The maximum Gasteiger partial charge on any atom is 0.147 e. The van der Waals surface area contributed by atoms with Gasteiger partial charge < -0.3 is 4.90 Å². The van der Waals surface area contributed by atoms with Gasteiger partial charge in [-0.05, 0) is 25.0 Å². The molecule has 1 aliphatic heterocycles. The molecule has 8 heteroatoms. The molecule has 1 fully saturated rings. The second-order valence-electron chi connectivity index (χ2n) is 5.84. The number of anilines is 1. The molecule has 2 aromatic heterocycles. The maximum absolute atomic E-state index is 6.08. The molecule has 1 saturated heterocycles. The van der Waals surface area contributed by atoms with E-state index in [-0.39, 0.29) is 0 Å². The molecular weight excluding hydrogens is 369 g/mol. The van der Waals surface area contributed by atoms with E-state index in [1.807, 2.05) is 10.9 Å². The van der Waals surface area contributed by atoms with Crippen molar-refractivity contribution in [1.82, 2.24) is 19.7 Å². The van der Waals surface area contributed by atoms with E-state index in [4.69, 9.17) is 34.8 Å². The quantitative estimate of drug-likeness (QED) is 0.648. The molecule has 5 nitrogen and oxygen atoms in total. The SMILES string of the molecule is Clc1cnn(C2CCN(c3cnc4cc(Cl)c(Cl)cc4n3)CC2)c1. The van der Waals surface area contributed by atoms with Gasteiger partial charge in [0, 0.05) is 19.3 Å². The summed E-state index contributed by atoms with van der Waals surface area (Å²) in [6, 6.07) is 3.87. The zero-order valence-corrected chi connectivity index (χ0v) is 14.9. The summed E-state index contributed by atoms with van der Waals surface area (Å²) in [5.41, 5.74) is 1.50. The van der Waals surface area contributed by atoms with Crippen molar-refractivity contribution in [3.05, 3.63) is 45.8 Å². The summed E-state index contributed by atoms with van der Waals surface area (Å²) in [6.45, 7) is 1.79. The average molecular weight is 383 g/mol. The van der Waals surface area contributed by atoms with Gasteiger partial charge in [0.05, 0.1) is 44.5 Å². The topological polar surface area (TPSA) is 46.8 Å². The second kappa shape index (κ2) is 6.39. The van der Waals surface area contributed by atoms with Crippen LogP contribution in [0.25, 0.3) is 11.0 Å². The fourth-order valence-corrected chi connectivity index (χ4v) is 3.48. The number of hydrogen-bond acceptors (Lipinski definition) is 4. The molecule has 4 rings (SSSR count).